The molecule has 0 fully saturated rings. The predicted molar refractivity (Wildman–Crippen MR) is 78.2 cm³/mol. The predicted octanol–water partition coefficient (Wildman–Crippen LogP) is 2.25. The molecule has 0 aliphatic heterocycles. The van der Waals surface area contributed by atoms with Crippen molar-refractivity contribution in [3.8, 4) is 11.3 Å². The van der Waals surface area contributed by atoms with Gasteiger partial charge in [0, 0.05) is 17.7 Å². The van der Waals surface area contributed by atoms with E-state index in [1.165, 1.54) is 18.5 Å². The Morgan fingerprint density at radius 1 is 1.32 bits per heavy atom. The molecular formula is C15H16FN5O. The van der Waals surface area contributed by atoms with E-state index in [0.29, 0.717) is 12.2 Å². The van der Waals surface area contributed by atoms with Crippen LogP contribution in [0, 0.1) is 5.82 Å². The number of halogens is 1. The van der Waals surface area contributed by atoms with Crippen molar-refractivity contribution in [1.82, 2.24) is 25.2 Å². The van der Waals surface area contributed by atoms with Gasteiger partial charge in [0.2, 0.25) is 0 Å². The fourth-order valence-corrected chi connectivity index (χ4v) is 2.10. The maximum atomic E-state index is 12.9. The summed E-state index contributed by atoms with van der Waals surface area (Å²) in [4.78, 5) is 3.91. The molecule has 3 rings (SSSR count). The number of nitrogens with one attached hydrogen (secondary N) is 1. The van der Waals surface area contributed by atoms with Gasteiger partial charge in [-0.2, -0.15) is 5.10 Å². The van der Waals surface area contributed by atoms with Crippen LogP contribution in [-0.4, -0.2) is 26.0 Å². The lowest BCUT2D eigenvalue weighted by atomic mass is 10.1. The average molecular weight is 301 g/mol. The van der Waals surface area contributed by atoms with Gasteiger partial charge >= 0.3 is 0 Å². The van der Waals surface area contributed by atoms with Crippen molar-refractivity contribution in [2.75, 3.05) is 0 Å². The van der Waals surface area contributed by atoms with Gasteiger partial charge in [0.05, 0.1) is 13.1 Å². The Hall–Kier alpha value is -2.54. The van der Waals surface area contributed by atoms with Crippen LogP contribution in [0.4, 0.5) is 4.39 Å². The first-order valence-electron chi connectivity index (χ1n) is 6.98. The van der Waals surface area contributed by atoms with Gasteiger partial charge in [-0.1, -0.05) is 5.16 Å². The zero-order chi connectivity index (χ0) is 15.4. The molecule has 1 atom stereocenters. The van der Waals surface area contributed by atoms with Gasteiger partial charge in [0.1, 0.15) is 24.2 Å². The Morgan fingerprint density at radius 3 is 2.86 bits per heavy atom. The fourth-order valence-electron chi connectivity index (χ4n) is 2.10. The standard InChI is InChI=1S/C15H16FN5O/c1-11(8-21-10-17-9-19-21)18-7-14-6-15(20-22-14)12-2-4-13(16)5-3-12/h2-6,9-11,18H,7-8H2,1H3. The zero-order valence-corrected chi connectivity index (χ0v) is 12.1. The third-order valence-corrected chi connectivity index (χ3v) is 3.25. The molecule has 1 N–H and O–H groups in total. The largest absolute Gasteiger partial charge is 0.359 e. The molecule has 1 aromatic carbocycles. The molecule has 0 spiro atoms. The van der Waals surface area contributed by atoms with E-state index in [0.717, 1.165) is 17.9 Å². The number of hydrogen-bond acceptors (Lipinski definition) is 5. The molecule has 0 aliphatic carbocycles. The van der Waals surface area contributed by atoms with Crippen LogP contribution in [0.5, 0.6) is 0 Å². The first-order valence-corrected chi connectivity index (χ1v) is 6.98. The Balaban J connectivity index is 1.56. The van der Waals surface area contributed by atoms with Gasteiger partial charge in [-0.25, -0.2) is 9.37 Å². The molecule has 114 valence electrons. The quantitative estimate of drug-likeness (QED) is 0.756. The fraction of sp³-hybridized carbons (Fsp3) is 0.267. The molecule has 0 saturated heterocycles. The van der Waals surface area contributed by atoms with Crippen molar-refractivity contribution in [2.45, 2.75) is 26.1 Å². The lowest BCUT2D eigenvalue weighted by molar-refractivity contribution is 0.357. The summed E-state index contributed by atoms with van der Waals surface area (Å²) in [6, 6.07) is 8.23. The molecule has 0 saturated carbocycles. The molecule has 1 unspecified atom stereocenters. The summed E-state index contributed by atoms with van der Waals surface area (Å²) in [6.45, 7) is 3.34. The van der Waals surface area contributed by atoms with Gasteiger partial charge in [0.25, 0.3) is 0 Å². The number of aromatic nitrogens is 4. The second-order valence-electron chi connectivity index (χ2n) is 5.08. The molecule has 0 amide bonds. The van der Waals surface area contributed by atoms with Crippen LogP contribution in [0.25, 0.3) is 11.3 Å². The minimum absolute atomic E-state index is 0.209. The first-order chi connectivity index (χ1) is 10.7. The maximum Gasteiger partial charge on any atom is 0.151 e. The molecule has 0 aliphatic rings. The van der Waals surface area contributed by atoms with E-state index in [2.05, 4.69) is 27.5 Å². The van der Waals surface area contributed by atoms with Crippen LogP contribution in [0.15, 0.2) is 47.5 Å². The van der Waals surface area contributed by atoms with Crippen LogP contribution < -0.4 is 5.32 Å². The Morgan fingerprint density at radius 2 is 2.14 bits per heavy atom. The van der Waals surface area contributed by atoms with Crippen molar-refractivity contribution >= 4 is 0 Å². The van der Waals surface area contributed by atoms with Gasteiger partial charge in [0.15, 0.2) is 5.76 Å². The SMILES string of the molecule is CC(Cn1cncn1)NCc1cc(-c2ccc(F)cc2)no1. The van der Waals surface area contributed by atoms with E-state index in [-0.39, 0.29) is 11.9 Å². The van der Waals surface area contributed by atoms with Crippen molar-refractivity contribution in [3.63, 3.8) is 0 Å². The van der Waals surface area contributed by atoms with Crippen LogP contribution in [0.3, 0.4) is 0 Å². The molecule has 0 bridgehead atoms. The van der Waals surface area contributed by atoms with E-state index in [4.69, 9.17) is 4.52 Å². The van der Waals surface area contributed by atoms with E-state index in [1.807, 2.05) is 6.07 Å². The highest BCUT2D eigenvalue weighted by atomic mass is 19.1. The summed E-state index contributed by atoms with van der Waals surface area (Å²) in [5.74, 6) is 0.459. The molecule has 2 heterocycles. The topological polar surface area (TPSA) is 68.8 Å². The van der Waals surface area contributed by atoms with Crippen LogP contribution in [-0.2, 0) is 13.1 Å². The summed E-state index contributed by atoms with van der Waals surface area (Å²) in [5.41, 5.74) is 1.52. The second-order valence-corrected chi connectivity index (χ2v) is 5.08. The third kappa shape index (κ3) is 3.56. The monoisotopic (exact) mass is 301 g/mol. The first kappa shape index (κ1) is 14.4. The van der Waals surface area contributed by atoms with Crippen molar-refractivity contribution < 1.29 is 8.91 Å². The Bertz CT molecular complexity index is 708. The zero-order valence-electron chi connectivity index (χ0n) is 12.1. The van der Waals surface area contributed by atoms with Crippen LogP contribution in [0.1, 0.15) is 12.7 Å². The summed E-state index contributed by atoms with van der Waals surface area (Å²) >= 11 is 0. The van der Waals surface area contributed by atoms with E-state index >= 15 is 0 Å². The number of benzene rings is 1. The van der Waals surface area contributed by atoms with Gasteiger partial charge < -0.3 is 9.84 Å². The van der Waals surface area contributed by atoms with Crippen LogP contribution >= 0.6 is 0 Å². The molecule has 7 heteroatoms. The number of nitrogens with zero attached hydrogens (tertiary/aromatic N) is 4. The minimum atomic E-state index is -0.268. The van der Waals surface area contributed by atoms with Crippen molar-refractivity contribution in [3.05, 3.63) is 54.6 Å². The van der Waals surface area contributed by atoms with Gasteiger partial charge in [-0.15, -0.1) is 0 Å². The normalized spacial score (nSPS) is 12.5. The lowest BCUT2D eigenvalue weighted by Crippen LogP contribution is -2.30. The highest BCUT2D eigenvalue weighted by Crippen LogP contribution is 2.19. The van der Waals surface area contributed by atoms with E-state index in [9.17, 15) is 4.39 Å². The summed E-state index contributed by atoms with van der Waals surface area (Å²) in [6.07, 6.45) is 3.19. The maximum absolute atomic E-state index is 12.9. The highest BCUT2D eigenvalue weighted by molar-refractivity contribution is 5.58. The molecule has 0 radical (unpaired) electrons. The average Bonchev–Trinajstić information content (AvgIpc) is 3.17. The number of rotatable bonds is 6. The highest BCUT2D eigenvalue weighted by Gasteiger charge is 2.09. The summed E-state index contributed by atoms with van der Waals surface area (Å²) < 4.78 is 20.0. The molecular weight excluding hydrogens is 285 g/mol. The van der Waals surface area contributed by atoms with Gasteiger partial charge in [-0.05, 0) is 31.2 Å². The summed E-state index contributed by atoms with van der Waals surface area (Å²) in [5, 5.41) is 11.4. The lowest BCUT2D eigenvalue weighted by Gasteiger charge is -2.11. The molecule has 22 heavy (non-hydrogen) atoms. The van der Waals surface area contributed by atoms with Crippen LogP contribution in [0.2, 0.25) is 0 Å². The van der Waals surface area contributed by atoms with Gasteiger partial charge in [-0.3, -0.25) is 4.68 Å². The molecule has 2 aromatic heterocycles. The minimum Gasteiger partial charge on any atom is -0.359 e. The summed E-state index contributed by atoms with van der Waals surface area (Å²) in [7, 11) is 0. The van der Waals surface area contributed by atoms with E-state index in [1.54, 1.807) is 23.1 Å². The Kier molecular flexibility index (Phi) is 4.24. The van der Waals surface area contributed by atoms with Crippen molar-refractivity contribution in [1.29, 1.82) is 0 Å². The third-order valence-electron chi connectivity index (χ3n) is 3.25. The van der Waals surface area contributed by atoms with E-state index < -0.39 is 0 Å². The second kappa shape index (κ2) is 6.48. The Labute approximate surface area is 127 Å². The smallest absolute Gasteiger partial charge is 0.151 e. The molecule has 3 aromatic rings. The molecule has 6 nitrogen and oxygen atoms in total. The number of hydrogen-bond donors (Lipinski definition) is 1. The van der Waals surface area contributed by atoms with Crippen molar-refractivity contribution in [2.24, 2.45) is 0 Å².